The van der Waals surface area contributed by atoms with Crippen LogP contribution in [-0.2, 0) is 9.59 Å². The zero-order valence-corrected chi connectivity index (χ0v) is 8.33. The van der Waals surface area contributed by atoms with Crippen molar-refractivity contribution in [2.45, 2.75) is 19.9 Å². The fourth-order valence-electron chi connectivity index (χ4n) is 0.635. The first kappa shape index (κ1) is 11.9. The molecule has 2 amide bonds. The quantitative estimate of drug-likeness (QED) is 0.588. The zero-order chi connectivity index (χ0) is 10.4. The van der Waals surface area contributed by atoms with Crippen LogP contribution in [0.3, 0.4) is 0 Å². The molecule has 0 aromatic rings. The van der Waals surface area contributed by atoms with E-state index in [2.05, 4.69) is 5.32 Å². The van der Waals surface area contributed by atoms with Crippen molar-refractivity contribution in [2.75, 3.05) is 20.1 Å². The third-order valence-corrected chi connectivity index (χ3v) is 1.73. The van der Waals surface area contributed by atoms with Crippen LogP contribution in [0.4, 0.5) is 0 Å². The van der Waals surface area contributed by atoms with Crippen LogP contribution in [-0.4, -0.2) is 42.9 Å². The molecule has 0 fully saturated rings. The van der Waals surface area contributed by atoms with Gasteiger partial charge in [-0.05, 0) is 13.8 Å². The van der Waals surface area contributed by atoms with E-state index in [0.717, 1.165) is 0 Å². The van der Waals surface area contributed by atoms with Gasteiger partial charge in [0.2, 0.25) is 11.8 Å². The third kappa shape index (κ3) is 4.47. The zero-order valence-electron chi connectivity index (χ0n) is 8.33. The number of hydrogen-bond donors (Lipinski definition) is 2. The van der Waals surface area contributed by atoms with Crippen molar-refractivity contribution in [1.29, 1.82) is 0 Å². The predicted molar refractivity (Wildman–Crippen MR) is 50.0 cm³/mol. The summed E-state index contributed by atoms with van der Waals surface area (Å²) >= 11 is 0. The van der Waals surface area contributed by atoms with Gasteiger partial charge in [0.05, 0.1) is 12.6 Å². The minimum absolute atomic E-state index is 0.0186. The highest BCUT2D eigenvalue weighted by Gasteiger charge is 2.10. The maximum atomic E-state index is 11.2. The van der Waals surface area contributed by atoms with E-state index in [1.165, 1.54) is 4.90 Å². The standard InChI is InChI=1S/C8H17N3O2/c1-4-11(3)7(12)5-10-8(13)6(2)9/h6H,4-5,9H2,1-3H3,(H,10,13)/t6-/m0/s1. The summed E-state index contributed by atoms with van der Waals surface area (Å²) in [6.07, 6.45) is 0. The van der Waals surface area contributed by atoms with Crippen LogP contribution in [0.5, 0.6) is 0 Å². The van der Waals surface area contributed by atoms with Crippen molar-refractivity contribution in [1.82, 2.24) is 10.2 Å². The average molecular weight is 187 g/mol. The topological polar surface area (TPSA) is 75.4 Å². The lowest BCUT2D eigenvalue weighted by atomic mass is 10.3. The van der Waals surface area contributed by atoms with Crippen LogP contribution in [0.15, 0.2) is 0 Å². The SMILES string of the molecule is CCN(C)C(=O)CNC(=O)[C@H](C)N. The van der Waals surface area contributed by atoms with Gasteiger partial charge < -0.3 is 16.0 Å². The lowest BCUT2D eigenvalue weighted by Gasteiger charge is -2.15. The van der Waals surface area contributed by atoms with E-state index in [4.69, 9.17) is 5.73 Å². The molecule has 0 aliphatic carbocycles. The fraction of sp³-hybridized carbons (Fsp3) is 0.750. The monoisotopic (exact) mass is 187 g/mol. The Kier molecular flexibility index (Phi) is 5.06. The number of carbonyl (C=O) groups is 2. The second-order valence-corrected chi connectivity index (χ2v) is 2.91. The Morgan fingerprint density at radius 1 is 1.54 bits per heavy atom. The van der Waals surface area contributed by atoms with E-state index in [1.54, 1.807) is 14.0 Å². The van der Waals surface area contributed by atoms with Crippen molar-refractivity contribution < 1.29 is 9.59 Å². The molecule has 0 unspecified atom stereocenters. The summed E-state index contributed by atoms with van der Waals surface area (Å²) in [6, 6.07) is -0.570. The van der Waals surface area contributed by atoms with E-state index in [1.807, 2.05) is 6.92 Å². The van der Waals surface area contributed by atoms with E-state index < -0.39 is 6.04 Å². The van der Waals surface area contributed by atoms with Gasteiger partial charge in [-0.2, -0.15) is 0 Å². The maximum absolute atomic E-state index is 11.2. The molecule has 5 nitrogen and oxygen atoms in total. The van der Waals surface area contributed by atoms with E-state index in [-0.39, 0.29) is 18.4 Å². The molecule has 0 aliphatic rings. The largest absolute Gasteiger partial charge is 0.346 e. The number of nitrogens with two attached hydrogens (primary N) is 1. The molecule has 0 aromatic carbocycles. The Hall–Kier alpha value is -1.10. The van der Waals surface area contributed by atoms with E-state index in [9.17, 15) is 9.59 Å². The van der Waals surface area contributed by atoms with E-state index in [0.29, 0.717) is 6.54 Å². The highest BCUT2D eigenvalue weighted by molar-refractivity contribution is 5.86. The Morgan fingerprint density at radius 2 is 2.08 bits per heavy atom. The summed E-state index contributed by atoms with van der Waals surface area (Å²) in [6.45, 7) is 4.09. The van der Waals surface area contributed by atoms with Gasteiger partial charge in [-0.25, -0.2) is 0 Å². The highest BCUT2D eigenvalue weighted by Crippen LogP contribution is 1.82. The van der Waals surface area contributed by atoms with Crippen molar-refractivity contribution in [3.63, 3.8) is 0 Å². The van der Waals surface area contributed by atoms with Gasteiger partial charge in [0.25, 0.3) is 0 Å². The molecule has 0 radical (unpaired) electrons. The Bertz CT molecular complexity index is 192. The number of nitrogens with zero attached hydrogens (tertiary/aromatic N) is 1. The van der Waals surface area contributed by atoms with Gasteiger partial charge in [-0.15, -0.1) is 0 Å². The van der Waals surface area contributed by atoms with Crippen LogP contribution in [0, 0.1) is 0 Å². The van der Waals surface area contributed by atoms with Crippen molar-refractivity contribution in [3.05, 3.63) is 0 Å². The van der Waals surface area contributed by atoms with Crippen LogP contribution < -0.4 is 11.1 Å². The molecule has 0 aliphatic heterocycles. The first-order chi connectivity index (χ1) is 5.99. The Labute approximate surface area is 78.3 Å². The summed E-state index contributed by atoms with van der Waals surface area (Å²) in [5.74, 6) is -0.422. The summed E-state index contributed by atoms with van der Waals surface area (Å²) in [7, 11) is 1.68. The third-order valence-electron chi connectivity index (χ3n) is 1.73. The second kappa shape index (κ2) is 5.53. The molecule has 5 heteroatoms. The summed E-state index contributed by atoms with van der Waals surface area (Å²) in [5.41, 5.74) is 5.29. The number of likely N-dealkylation sites (N-methyl/N-ethyl adjacent to an activating group) is 1. The Morgan fingerprint density at radius 3 is 2.46 bits per heavy atom. The van der Waals surface area contributed by atoms with Gasteiger partial charge in [0.1, 0.15) is 0 Å². The lowest BCUT2D eigenvalue weighted by Crippen LogP contribution is -2.43. The molecule has 0 aromatic heterocycles. The molecular formula is C8H17N3O2. The molecule has 3 N–H and O–H groups in total. The van der Waals surface area contributed by atoms with Gasteiger partial charge in [0, 0.05) is 13.6 Å². The average Bonchev–Trinajstić information content (AvgIpc) is 2.11. The molecule has 0 bridgehead atoms. The molecule has 76 valence electrons. The molecule has 0 saturated carbocycles. The van der Waals surface area contributed by atoms with Crippen molar-refractivity contribution in [3.8, 4) is 0 Å². The summed E-state index contributed by atoms with van der Waals surface area (Å²) < 4.78 is 0. The molecular weight excluding hydrogens is 170 g/mol. The van der Waals surface area contributed by atoms with E-state index >= 15 is 0 Å². The van der Waals surface area contributed by atoms with Gasteiger partial charge in [-0.1, -0.05) is 0 Å². The number of rotatable bonds is 4. The second-order valence-electron chi connectivity index (χ2n) is 2.91. The molecule has 0 spiro atoms. The summed E-state index contributed by atoms with van der Waals surface area (Å²) in [5, 5.41) is 2.44. The maximum Gasteiger partial charge on any atom is 0.241 e. The molecule has 0 rings (SSSR count). The van der Waals surface area contributed by atoms with Crippen molar-refractivity contribution in [2.24, 2.45) is 5.73 Å². The first-order valence-electron chi connectivity index (χ1n) is 4.26. The van der Waals surface area contributed by atoms with Crippen LogP contribution >= 0.6 is 0 Å². The van der Waals surface area contributed by atoms with Gasteiger partial charge in [-0.3, -0.25) is 9.59 Å². The first-order valence-corrected chi connectivity index (χ1v) is 4.26. The minimum atomic E-state index is -0.570. The van der Waals surface area contributed by atoms with Crippen LogP contribution in [0.25, 0.3) is 0 Å². The smallest absolute Gasteiger partial charge is 0.241 e. The molecule has 13 heavy (non-hydrogen) atoms. The van der Waals surface area contributed by atoms with Crippen molar-refractivity contribution >= 4 is 11.8 Å². The van der Waals surface area contributed by atoms with Gasteiger partial charge in [0.15, 0.2) is 0 Å². The fourth-order valence-corrected chi connectivity index (χ4v) is 0.635. The minimum Gasteiger partial charge on any atom is -0.346 e. The number of hydrogen-bond acceptors (Lipinski definition) is 3. The lowest BCUT2D eigenvalue weighted by molar-refractivity contribution is -0.131. The summed E-state index contributed by atoms with van der Waals surface area (Å²) in [4.78, 5) is 23.7. The number of nitrogens with one attached hydrogen (secondary N) is 1. The Balaban J connectivity index is 3.77. The van der Waals surface area contributed by atoms with Crippen LogP contribution in [0.1, 0.15) is 13.8 Å². The predicted octanol–water partition coefficient (Wildman–Crippen LogP) is -1.07. The normalized spacial score (nSPS) is 12.0. The number of carbonyl (C=O) groups excluding carboxylic acids is 2. The van der Waals surface area contributed by atoms with Crippen LogP contribution in [0.2, 0.25) is 0 Å². The molecule has 0 heterocycles. The molecule has 0 saturated heterocycles. The molecule has 1 atom stereocenters. The van der Waals surface area contributed by atoms with Gasteiger partial charge >= 0.3 is 0 Å². The number of amides is 2. The highest BCUT2D eigenvalue weighted by atomic mass is 16.2.